The SMILES string of the molecule is CC(=O)[C@H]1CC[C@H]2[C@@H]3CC=C4CC[C@@H](O)CC[C@]4(C)[C@H]3CC[C@]12C. The molecule has 1 N–H and O–H groups in total. The van der Waals surface area contributed by atoms with Crippen molar-refractivity contribution < 1.29 is 9.90 Å². The van der Waals surface area contributed by atoms with Gasteiger partial charge in [-0.05, 0) is 93.3 Å². The van der Waals surface area contributed by atoms with Gasteiger partial charge in [-0.15, -0.1) is 0 Å². The first kappa shape index (κ1) is 16.8. The van der Waals surface area contributed by atoms with Crippen LogP contribution < -0.4 is 0 Å². The molecule has 2 nitrogen and oxygen atoms in total. The molecule has 0 heterocycles. The van der Waals surface area contributed by atoms with Crippen molar-refractivity contribution in [1.29, 1.82) is 0 Å². The van der Waals surface area contributed by atoms with Crippen molar-refractivity contribution in [3.05, 3.63) is 11.6 Å². The Kier molecular flexibility index (Phi) is 3.99. The molecule has 24 heavy (non-hydrogen) atoms. The quantitative estimate of drug-likeness (QED) is 0.694. The zero-order valence-electron chi connectivity index (χ0n) is 15.7. The van der Waals surface area contributed by atoms with E-state index in [0.29, 0.717) is 17.1 Å². The summed E-state index contributed by atoms with van der Waals surface area (Å²) in [6.45, 7) is 6.73. The van der Waals surface area contributed by atoms with Crippen LogP contribution in [0.15, 0.2) is 11.6 Å². The van der Waals surface area contributed by atoms with Crippen LogP contribution in [0.2, 0.25) is 0 Å². The van der Waals surface area contributed by atoms with Gasteiger partial charge in [-0.25, -0.2) is 0 Å². The average molecular weight is 331 g/mol. The van der Waals surface area contributed by atoms with E-state index in [9.17, 15) is 9.90 Å². The van der Waals surface area contributed by atoms with E-state index in [-0.39, 0.29) is 11.5 Å². The lowest BCUT2D eigenvalue weighted by atomic mass is 9.48. The fourth-order valence-electron chi connectivity index (χ4n) is 7.49. The van der Waals surface area contributed by atoms with E-state index in [4.69, 9.17) is 0 Å². The Bertz CT molecular complexity index is 564. The Labute approximate surface area is 147 Å². The van der Waals surface area contributed by atoms with Crippen LogP contribution in [-0.2, 0) is 4.79 Å². The zero-order chi connectivity index (χ0) is 17.1. The molecule has 0 unspecified atom stereocenters. The second-order valence-electron chi connectivity index (χ2n) is 9.78. The molecule has 134 valence electrons. The van der Waals surface area contributed by atoms with Crippen LogP contribution >= 0.6 is 0 Å². The second kappa shape index (κ2) is 5.69. The summed E-state index contributed by atoms with van der Waals surface area (Å²) in [7, 11) is 0. The molecule has 3 fully saturated rings. The topological polar surface area (TPSA) is 37.3 Å². The molecule has 7 atom stereocenters. The van der Waals surface area contributed by atoms with E-state index in [2.05, 4.69) is 19.9 Å². The van der Waals surface area contributed by atoms with E-state index in [1.807, 2.05) is 6.92 Å². The number of rotatable bonds is 1. The minimum absolute atomic E-state index is 0.103. The molecule has 0 spiro atoms. The van der Waals surface area contributed by atoms with Gasteiger partial charge in [0, 0.05) is 5.92 Å². The predicted molar refractivity (Wildman–Crippen MR) is 96.5 cm³/mol. The highest BCUT2D eigenvalue weighted by atomic mass is 16.3. The van der Waals surface area contributed by atoms with E-state index in [1.54, 1.807) is 5.57 Å². The van der Waals surface area contributed by atoms with Crippen molar-refractivity contribution in [3.63, 3.8) is 0 Å². The monoisotopic (exact) mass is 330 g/mol. The van der Waals surface area contributed by atoms with Gasteiger partial charge >= 0.3 is 0 Å². The summed E-state index contributed by atoms with van der Waals surface area (Å²) >= 11 is 0. The van der Waals surface area contributed by atoms with Crippen LogP contribution in [0.1, 0.15) is 78.6 Å². The van der Waals surface area contributed by atoms with E-state index < -0.39 is 0 Å². The lowest BCUT2D eigenvalue weighted by molar-refractivity contribution is -0.127. The Morgan fingerprint density at radius 3 is 2.62 bits per heavy atom. The number of Topliss-reactive ketones (excluding diaryl/α,β-unsaturated/α-hetero) is 1. The number of carbonyl (C=O) groups is 1. The maximum atomic E-state index is 12.2. The predicted octanol–water partition coefficient (Wildman–Crippen LogP) is 4.91. The summed E-state index contributed by atoms with van der Waals surface area (Å²) < 4.78 is 0. The molecule has 2 heteroatoms. The van der Waals surface area contributed by atoms with Crippen molar-refractivity contribution in [2.75, 3.05) is 0 Å². The number of carbonyl (C=O) groups excluding carboxylic acids is 1. The highest BCUT2D eigenvalue weighted by Gasteiger charge is 2.58. The van der Waals surface area contributed by atoms with Crippen molar-refractivity contribution in [3.8, 4) is 0 Å². The largest absolute Gasteiger partial charge is 0.393 e. The van der Waals surface area contributed by atoms with E-state index in [1.165, 1.54) is 25.7 Å². The van der Waals surface area contributed by atoms with Crippen molar-refractivity contribution in [1.82, 2.24) is 0 Å². The summed E-state index contributed by atoms with van der Waals surface area (Å²) in [5.41, 5.74) is 2.19. The third-order valence-corrected chi connectivity index (χ3v) is 8.86. The van der Waals surface area contributed by atoms with E-state index in [0.717, 1.165) is 49.9 Å². The molecule has 4 aliphatic carbocycles. The van der Waals surface area contributed by atoms with Gasteiger partial charge in [-0.2, -0.15) is 0 Å². The minimum atomic E-state index is -0.103. The van der Waals surface area contributed by atoms with Gasteiger partial charge in [0.25, 0.3) is 0 Å². The van der Waals surface area contributed by atoms with Crippen molar-refractivity contribution in [2.24, 2.45) is 34.5 Å². The maximum absolute atomic E-state index is 12.2. The number of allylic oxidation sites excluding steroid dienone is 2. The smallest absolute Gasteiger partial charge is 0.133 e. The molecule has 0 aromatic rings. The van der Waals surface area contributed by atoms with Gasteiger partial charge in [-0.1, -0.05) is 25.5 Å². The molecule has 3 saturated carbocycles. The summed E-state index contributed by atoms with van der Waals surface area (Å²) in [5.74, 6) is 2.99. The number of hydrogen-bond donors (Lipinski definition) is 1. The summed E-state index contributed by atoms with van der Waals surface area (Å²) in [6.07, 6.45) is 12.7. The number of aliphatic hydroxyl groups excluding tert-OH is 1. The molecule has 0 aliphatic heterocycles. The van der Waals surface area contributed by atoms with Crippen LogP contribution in [0.3, 0.4) is 0 Å². The Hall–Kier alpha value is -0.630. The van der Waals surface area contributed by atoms with Gasteiger partial charge in [0.1, 0.15) is 5.78 Å². The second-order valence-corrected chi connectivity index (χ2v) is 9.78. The highest BCUT2D eigenvalue weighted by Crippen LogP contribution is 2.65. The minimum Gasteiger partial charge on any atom is -0.393 e. The Morgan fingerprint density at radius 2 is 1.88 bits per heavy atom. The molecule has 0 bridgehead atoms. The summed E-state index contributed by atoms with van der Waals surface area (Å²) in [4.78, 5) is 12.2. The van der Waals surface area contributed by atoms with Gasteiger partial charge in [-0.3, -0.25) is 4.79 Å². The lowest BCUT2D eigenvalue weighted by Crippen LogP contribution is -2.49. The van der Waals surface area contributed by atoms with E-state index >= 15 is 0 Å². The maximum Gasteiger partial charge on any atom is 0.133 e. The summed E-state index contributed by atoms with van der Waals surface area (Å²) in [5, 5.41) is 10.2. The van der Waals surface area contributed by atoms with Crippen molar-refractivity contribution >= 4 is 5.78 Å². The van der Waals surface area contributed by atoms with Gasteiger partial charge in [0.2, 0.25) is 0 Å². The van der Waals surface area contributed by atoms with Crippen LogP contribution in [-0.4, -0.2) is 17.0 Å². The fourth-order valence-corrected chi connectivity index (χ4v) is 7.49. The molecule has 0 radical (unpaired) electrons. The fraction of sp³-hybridized carbons (Fsp3) is 0.864. The number of fused-ring (bicyclic) bond motifs is 5. The van der Waals surface area contributed by atoms with Crippen LogP contribution in [0, 0.1) is 34.5 Å². The number of ketones is 1. The van der Waals surface area contributed by atoms with Crippen molar-refractivity contribution in [2.45, 2.75) is 84.7 Å². The van der Waals surface area contributed by atoms with Gasteiger partial charge in [0.15, 0.2) is 0 Å². The normalized spacial score (nSPS) is 51.0. The standard InChI is InChI=1S/C22H34O2/c1-14(23)18-8-9-19-17-7-5-15-4-6-16(24)10-12-21(15,2)20(17)11-13-22(18,19)3/h5,16-20,24H,4,6-13H2,1-3H3/t16-,17+,18-,19+,20+,21+,22-/m1/s1. The molecule has 4 aliphatic rings. The summed E-state index contributed by atoms with van der Waals surface area (Å²) in [6, 6.07) is 0. The third-order valence-electron chi connectivity index (χ3n) is 8.86. The zero-order valence-corrected chi connectivity index (χ0v) is 15.7. The molecular weight excluding hydrogens is 296 g/mol. The molecule has 0 aromatic heterocycles. The Balaban J connectivity index is 1.66. The molecule has 4 rings (SSSR count). The van der Waals surface area contributed by atoms with Gasteiger partial charge < -0.3 is 5.11 Å². The molecule has 0 saturated heterocycles. The van der Waals surface area contributed by atoms with Crippen LogP contribution in [0.5, 0.6) is 0 Å². The highest BCUT2D eigenvalue weighted by molar-refractivity contribution is 5.79. The molecule has 0 aromatic carbocycles. The first-order valence-electron chi connectivity index (χ1n) is 10.2. The third kappa shape index (κ3) is 2.28. The van der Waals surface area contributed by atoms with Gasteiger partial charge in [0.05, 0.1) is 6.10 Å². The van der Waals surface area contributed by atoms with Crippen LogP contribution in [0.25, 0.3) is 0 Å². The molecule has 0 amide bonds. The number of hydrogen-bond acceptors (Lipinski definition) is 2. The number of aliphatic hydroxyl groups is 1. The lowest BCUT2D eigenvalue weighted by Gasteiger charge is -2.56. The first-order valence-corrected chi connectivity index (χ1v) is 10.2. The Morgan fingerprint density at radius 1 is 1.08 bits per heavy atom. The van der Waals surface area contributed by atoms with Crippen LogP contribution in [0.4, 0.5) is 0 Å². The molecular formula is C22H34O2. The first-order chi connectivity index (χ1) is 11.4. The average Bonchev–Trinajstić information content (AvgIpc) is 2.81.